The molecule has 3 aromatic rings. The number of rotatable bonds is 6. The van der Waals surface area contributed by atoms with Crippen LogP contribution in [0.5, 0.6) is 0 Å². The standard InChI is InChI=1S/C18H19ClN4O2/c1-3-12(2)13-4-7-15(8-5-13)20-18(24)11-25-23-17-10-14(19)6-9-16(17)21-22-23/h4-10,12H,3,11H2,1-2H3,(H,20,24)/t12-/m1/s1. The Bertz CT molecular complexity index is 876. The van der Waals surface area contributed by atoms with Gasteiger partial charge < -0.3 is 10.2 Å². The fraction of sp³-hybridized carbons (Fsp3) is 0.278. The van der Waals surface area contributed by atoms with Gasteiger partial charge in [-0.1, -0.05) is 42.4 Å². The van der Waals surface area contributed by atoms with Crippen molar-refractivity contribution in [3.05, 3.63) is 53.1 Å². The summed E-state index contributed by atoms with van der Waals surface area (Å²) in [5.74, 6) is 0.225. The van der Waals surface area contributed by atoms with E-state index < -0.39 is 0 Å². The molecule has 3 rings (SSSR count). The number of hydrogen-bond donors (Lipinski definition) is 1. The van der Waals surface area contributed by atoms with Gasteiger partial charge in [-0.15, -0.1) is 5.10 Å². The van der Waals surface area contributed by atoms with E-state index in [1.807, 2.05) is 24.3 Å². The summed E-state index contributed by atoms with van der Waals surface area (Å²) in [4.78, 5) is 18.7. The molecule has 2 aromatic carbocycles. The van der Waals surface area contributed by atoms with E-state index in [0.717, 1.165) is 12.1 Å². The zero-order chi connectivity index (χ0) is 17.8. The molecule has 1 heterocycles. The summed E-state index contributed by atoms with van der Waals surface area (Å²) < 4.78 is 0. The Morgan fingerprint density at radius 1 is 1.28 bits per heavy atom. The number of hydrogen-bond acceptors (Lipinski definition) is 4. The van der Waals surface area contributed by atoms with Crippen LogP contribution in [-0.2, 0) is 4.79 Å². The van der Waals surface area contributed by atoms with Crippen molar-refractivity contribution < 1.29 is 9.63 Å². The summed E-state index contributed by atoms with van der Waals surface area (Å²) in [6.07, 6.45) is 1.08. The number of fused-ring (bicyclic) bond motifs is 1. The van der Waals surface area contributed by atoms with Gasteiger partial charge >= 0.3 is 0 Å². The van der Waals surface area contributed by atoms with E-state index in [-0.39, 0.29) is 12.5 Å². The molecule has 0 spiro atoms. The molecule has 0 aliphatic rings. The van der Waals surface area contributed by atoms with Gasteiger partial charge in [-0.3, -0.25) is 4.79 Å². The van der Waals surface area contributed by atoms with Crippen LogP contribution in [0.1, 0.15) is 31.7 Å². The normalized spacial score (nSPS) is 12.1. The van der Waals surface area contributed by atoms with Crippen LogP contribution >= 0.6 is 11.6 Å². The second kappa shape index (κ2) is 7.53. The molecular formula is C18H19ClN4O2. The van der Waals surface area contributed by atoms with Crippen molar-refractivity contribution in [3.8, 4) is 0 Å². The number of halogens is 1. The topological polar surface area (TPSA) is 69.0 Å². The van der Waals surface area contributed by atoms with Gasteiger partial charge in [0.15, 0.2) is 6.61 Å². The number of anilines is 1. The maximum absolute atomic E-state index is 12.1. The molecule has 0 aliphatic heterocycles. The fourth-order valence-corrected chi connectivity index (χ4v) is 2.58. The minimum Gasteiger partial charge on any atom is -0.385 e. The third-order valence-electron chi connectivity index (χ3n) is 4.07. The van der Waals surface area contributed by atoms with Crippen LogP contribution in [0, 0.1) is 0 Å². The number of nitrogens with one attached hydrogen (secondary N) is 1. The molecule has 0 radical (unpaired) electrons. The predicted octanol–water partition coefficient (Wildman–Crippen LogP) is 3.67. The summed E-state index contributed by atoms with van der Waals surface area (Å²) in [5, 5.41) is 11.2. The third-order valence-corrected chi connectivity index (χ3v) is 4.31. The van der Waals surface area contributed by atoms with Crippen molar-refractivity contribution >= 4 is 34.2 Å². The molecular weight excluding hydrogens is 340 g/mol. The molecule has 0 saturated carbocycles. The number of aromatic nitrogens is 3. The van der Waals surface area contributed by atoms with E-state index in [2.05, 4.69) is 29.5 Å². The first-order valence-corrected chi connectivity index (χ1v) is 8.48. The smallest absolute Gasteiger partial charge is 0.265 e. The van der Waals surface area contributed by atoms with E-state index in [1.165, 1.54) is 10.4 Å². The monoisotopic (exact) mass is 358 g/mol. The average Bonchev–Trinajstić information content (AvgIpc) is 3.02. The number of amides is 1. The summed E-state index contributed by atoms with van der Waals surface area (Å²) >= 11 is 5.96. The lowest BCUT2D eigenvalue weighted by molar-refractivity contribution is -0.121. The van der Waals surface area contributed by atoms with Gasteiger partial charge in [0.2, 0.25) is 0 Å². The third kappa shape index (κ3) is 4.09. The van der Waals surface area contributed by atoms with Crippen molar-refractivity contribution in [1.29, 1.82) is 0 Å². The first-order chi connectivity index (χ1) is 12.1. The Hall–Kier alpha value is -2.60. The molecule has 1 aromatic heterocycles. The van der Waals surface area contributed by atoms with Crippen LogP contribution in [0.2, 0.25) is 5.02 Å². The molecule has 0 saturated heterocycles. The Morgan fingerprint density at radius 3 is 2.76 bits per heavy atom. The van der Waals surface area contributed by atoms with E-state index in [1.54, 1.807) is 18.2 Å². The van der Waals surface area contributed by atoms with Crippen molar-refractivity contribution in [1.82, 2.24) is 15.2 Å². The van der Waals surface area contributed by atoms with Gasteiger partial charge in [-0.2, -0.15) is 0 Å². The molecule has 6 nitrogen and oxygen atoms in total. The maximum atomic E-state index is 12.1. The largest absolute Gasteiger partial charge is 0.385 e. The number of nitrogens with zero attached hydrogens (tertiary/aromatic N) is 3. The fourth-order valence-electron chi connectivity index (χ4n) is 2.41. The highest BCUT2D eigenvalue weighted by molar-refractivity contribution is 6.31. The average molecular weight is 359 g/mol. The highest BCUT2D eigenvalue weighted by atomic mass is 35.5. The van der Waals surface area contributed by atoms with E-state index >= 15 is 0 Å². The van der Waals surface area contributed by atoms with Crippen molar-refractivity contribution in [2.75, 3.05) is 11.9 Å². The molecule has 0 fully saturated rings. The van der Waals surface area contributed by atoms with Crippen molar-refractivity contribution in [3.63, 3.8) is 0 Å². The van der Waals surface area contributed by atoms with Crippen LogP contribution in [0.4, 0.5) is 5.69 Å². The lowest BCUT2D eigenvalue weighted by atomic mass is 9.99. The first kappa shape index (κ1) is 17.2. The molecule has 7 heteroatoms. The van der Waals surface area contributed by atoms with Crippen molar-refractivity contribution in [2.45, 2.75) is 26.2 Å². The quantitative estimate of drug-likeness (QED) is 0.730. The van der Waals surface area contributed by atoms with Crippen LogP contribution < -0.4 is 10.2 Å². The van der Waals surface area contributed by atoms with E-state index in [4.69, 9.17) is 16.4 Å². The highest BCUT2D eigenvalue weighted by Crippen LogP contribution is 2.20. The zero-order valence-electron chi connectivity index (χ0n) is 14.1. The van der Waals surface area contributed by atoms with Gasteiger partial charge in [-0.05, 0) is 53.4 Å². The van der Waals surface area contributed by atoms with Crippen LogP contribution in [0.15, 0.2) is 42.5 Å². The summed E-state index contributed by atoms with van der Waals surface area (Å²) in [7, 11) is 0. The first-order valence-electron chi connectivity index (χ1n) is 8.11. The molecule has 0 bridgehead atoms. The molecule has 1 atom stereocenters. The molecule has 25 heavy (non-hydrogen) atoms. The molecule has 0 unspecified atom stereocenters. The molecule has 130 valence electrons. The number of benzene rings is 2. The Kier molecular flexibility index (Phi) is 5.19. The zero-order valence-corrected chi connectivity index (χ0v) is 14.8. The van der Waals surface area contributed by atoms with E-state index in [0.29, 0.717) is 22.0 Å². The number of carbonyl (C=O) groups is 1. The minimum absolute atomic E-state index is 0.182. The van der Waals surface area contributed by atoms with Gasteiger partial charge in [-0.25, -0.2) is 0 Å². The lowest BCUT2D eigenvalue weighted by Gasteiger charge is -2.11. The number of carbonyl (C=O) groups excluding carboxylic acids is 1. The second-order valence-electron chi connectivity index (χ2n) is 5.85. The minimum atomic E-state index is -0.276. The Balaban J connectivity index is 1.60. The van der Waals surface area contributed by atoms with Crippen LogP contribution in [0.3, 0.4) is 0 Å². The van der Waals surface area contributed by atoms with Crippen molar-refractivity contribution in [2.24, 2.45) is 0 Å². The molecule has 1 amide bonds. The second-order valence-corrected chi connectivity index (χ2v) is 6.28. The van der Waals surface area contributed by atoms with Gasteiger partial charge in [0, 0.05) is 10.7 Å². The SMILES string of the molecule is CC[C@@H](C)c1ccc(NC(=O)COn2nnc3ccc(Cl)cc32)cc1. The Labute approximate surface area is 150 Å². The summed E-state index contributed by atoms with van der Waals surface area (Å²) in [6, 6.07) is 13.0. The molecule has 0 aliphatic carbocycles. The maximum Gasteiger partial charge on any atom is 0.265 e. The predicted molar refractivity (Wildman–Crippen MR) is 97.8 cm³/mol. The molecule has 1 N–H and O–H groups in total. The summed E-state index contributed by atoms with van der Waals surface area (Å²) in [6.45, 7) is 4.15. The Morgan fingerprint density at radius 2 is 2.04 bits per heavy atom. The lowest BCUT2D eigenvalue weighted by Crippen LogP contribution is -2.26. The summed E-state index contributed by atoms with van der Waals surface area (Å²) in [5.41, 5.74) is 3.23. The van der Waals surface area contributed by atoms with Gasteiger partial charge in [0.1, 0.15) is 11.0 Å². The van der Waals surface area contributed by atoms with E-state index in [9.17, 15) is 4.79 Å². The van der Waals surface area contributed by atoms with Crippen LogP contribution in [0.25, 0.3) is 11.0 Å². The van der Waals surface area contributed by atoms with Gasteiger partial charge in [0.25, 0.3) is 5.91 Å². The van der Waals surface area contributed by atoms with Crippen LogP contribution in [-0.4, -0.2) is 27.7 Å². The van der Waals surface area contributed by atoms with Gasteiger partial charge in [0.05, 0.1) is 0 Å². The highest BCUT2D eigenvalue weighted by Gasteiger charge is 2.09.